The van der Waals surface area contributed by atoms with Gasteiger partial charge in [0.2, 0.25) is 0 Å². The highest BCUT2D eigenvalue weighted by Gasteiger charge is 1.84. The van der Waals surface area contributed by atoms with E-state index >= 15 is 0 Å². The van der Waals surface area contributed by atoms with Gasteiger partial charge in [-0.25, -0.2) is 10.7 Å². The van der Waals surface area contributed by atoms with Gasteiger partial charge in [0.25, 0.3) is 0 Å². The maximum absolute atomic E-state index is 8.18. The third-order valence-electron chi connectivity index (χ3n) is 0.608. The van der Waals surface area contributed by atoms with Gasteiger partial charge in [-0.3, -0.25) is 0 Å². The molecule has 0 aromatic carbocycles. The highest BCUT2D eigenvalue weighted by atomic mass is 16.6. The zero-order chi connectivity index (χ0) is 6.24. The van der Waals surface area contributed by atoms with Gasteiger partial charge in [-0.15, -0.1) is 0 Å². The fourth-order valence-electron chi connectivity index (χ4n) is 0.284. The molecule has 0 aromatic rings. The Bertz CT molecular complexity index is 36.3. The van der Waals surface area contributed by atoms with Crippen molar-refractivity contribution in [3.63, 3.8) is 0 Å². The average Bonchev–Trinajstić information content (AvgIpc) is 1.81. The minimum Gasteiger partial charge on any atom is -0.394 e. The van der Waals surface area contributed by atoms with Crippen LogP contribution in [-0.2, 0) is 9.57 Å². The molecule has 0 aliphatic heterocycles. The standard InChI is InChI=1S/C4H12NO3/c5-8-4-3-7-2-1-6/h6H,1-4H2,5H3/q+1. The van der Waals surface area contributed by atoms with Crippen LogP contribution in [0.15, 0.2) is 0 Å². The van der Waals surface area contributed by atoms with Crippen LogP contribution in [0.2, 0.25) is 0 Å². The van der Waals surface area contributed by atoms with Gasteiger partial charge in [-0.05, 0) is 0 Å². The summed E-state index contributed by atoms with van der Waals surface area (Å²) in [6.45, 7) is 1.44. The summed E-state index contributed by atoms with van der Waals surface area (Å²) in [5.74, 6) is 3.14. The molecule has 0 radical (unpaired) electrons. The summed E-state index contributed by atoms with van der Waals surface area (Å²) >= 11 is 0. The summed E-state index contributed by atoms with van der Waals surface area (Å²) in [5.41, 5.74) is 0. The quantitative estimate of drug-likeness (QED) is 0.333. The first kappa shape index (κ1) is 7.84. The molecule has 0 atom stereocenters. The monoisotopic (exact) mass is 122 g/mol. The van der Waals surface area contributed by atoms with E-state index in [4.69, 9.17) is 9.84 Å². The molecule has 0 aliphatic carbocycles. The first-order valence-corrected chi connectivity index (χ1v) is 2.47. The predicted molar refractivity (Wildman–Crippen MR) is 26.7 cm³/mol. The van der Waals surface area contributed by atoms with E-state index in [0.29, 0.717) is 19.8 Å². The molecule has 50 valence electrons. The molecule has 0 unspecified atom stereocenters. The number of ether oxygens (including phenoxy) is 1. The van der Waals surface area contributed by atoms with E-state index in [0.717, 1.165) is 0 Å². The van der Waals surface area contributed by atoms with Gasteiger partial charge in [0.15, 0.2) is 0 Å². The van der Waals surface area contributed by atoms with Crippen LogP contribution < -0.4 is 5.90 Å². The van der Waals surface area contributed by atoms with E-state index in [9.17, 15) is 0 Å². The summed E-state index contributed by atoms with van der Waals surface area (Å²) in [7, 11) is 0. The molecule has 0 saturated heterocycles. The summed E-state index contributed by atoms with van der Waals surface area (Å²) in [5, 5.41) is 8.18. The molecular formula is C4H12NO3+. The van der Waals surface area contributed by atoms with E-state index in [-0.39, 0.29) is 6.61 Å². The lowest BCUT2D eigenvalue weighted by Crippen LogP contribution is -2.49. The smallest absolute Gasteiger partial charge is 0.129 e. The van der Waals surface area contributed by atoms with Crippen LogP contribution in [0.5, 0.6) is 0 Å². The van der Waals surface area contributed by atoms with Crippen LogP contribution in [0, 0.1) is 0 Å². The minimum atomic E-state index is 0.0666. The SMILES string of the molecule is [NH3+]OCCOCCO. The van der Waals surface area contributed by atoms with Crippen molar-refractivity contribution in [2.24, 2.45) is 0 Å². The number of hydrogen-bond acceptors (Lipinski definition) is 3. The van der Waals surface area contributed by atoms with E-state index in [1.54, 1.807) is 0 Å². The lowest BCUT2D eigenvalue weighted by molar-refractivity contribution is -0.689. The Morgan fingerprint density at radius 3 is 2.50 bits per heavy atom. The van der Waals surface area contributed by atoms with Gasteiger partial charge < -0.3 is 9.84 Å². The van der Waals surface area contributed by atoms with Gasteiger partial charge in [-0.2, -0.15) is 0 Å². The third-order valence-corrected chi connectivity index (χ3v) is 0.608. The second-order valence-electron chi connectivity index (χ2n) is 1.24. The van der Waals surface area contributed by atoms with Crippen LogP contribution in [-0.4, -0.2) is 31.5 Å². The van der Waals surface area contributed by atoms with E-state index in [1.807, 2.05) is 0 Å². The zero-order valence-electron chi connectivity index (χ0n) is 4.80. The van der Waals surface area contributed by atoms with Crippen LogP contribution in [0.3, 0.4) is 0 Å². The number of rotatable bonds is 5. The third kappa shape index (κ3) is 5.84. The molecule has 4 nitrogen and oxygen atoms in total. The predicted octanol–water partition coefficient (Wildman–Crippen LogP) is -1.83. The summed E-state index contributed by atoms with van der Waals surface area (Å²) in [6, 6.07) is 0. The Hall–Kier alpha value is -0.160. The fraction of sp³-hybridized carbons (Fsp3) is 1.00. The van der Waals surface area contributed by atoms with E-state index in [1.165, 1.54) is 0 Å². The minimum absolute atomic E-state index is 0.0666. The second-order valence-corrected chi connectivity index (χ2v) is 1.24. The molecule has 0 spiro atoms. The highest BCUT2D eigenvalue weighted by molar-refractivity contribution is 4.24. The van der Waals surface area contributed by atoms with Gasteiger partial charge in [-0.1, -0.05) is 0 Å². The molecule has 8 heavy (non-hydrogen) atoms. The molecular weight excluding hydrogens is 110 g/mol. The first-order chi connectivity index (χ1) is 3.91. The van der Waals surface area contributed by atoms with E-state index < -0.39 is 0 Å². The highest BCUT2D eigenvalue weighted by Crippen LogP contribution is 1.70. The van der Waals surface area contributed by atoms with Crippen molar-refractivity contribution in [3.05, 3.63) is 0 Å². The van der Waals surface area contributed by atoms with Gasteiger partial charge in [0.1, 0.15) is 6.61 Å². The van der Waals surface area contributed by atoms with Crippen LogP contribution in [0.1, 0.15) is 0 Å². The van der Waals surface area contributed by atoms with Crippen molar-refractivity contribution < 1.29 is 20.6 Å². The molecule has 0 amide bonds. The molecule has 0 rings (SSSR count). The van der Waals surface area contributed by atoms with Gasteiger partial charge in [0.05, 0.1) is 19.8 Å². The molecule has 0 saturated carbocycles. The number of aliphatic hydroxyl groups excluding tert-OH is 1. The van der Waals surface area contributed by atoms with Crippen molar-refractivity contribution >= 4 is 0 Å². The van der Waals surface area contributed by atoms with Gasteiger partial charge >= 0.3 is 0 Å². The average molecular weight is 122 g/mol. The molecule has 0 bridgehead atoms. The molecule has 0 heterocycles. The maximum atomic E-state index is 8.18. The van der Waals surface area contributed by atoms with Gasteiger partial charge in [0, 0.05) is 0 Å². The normalized spacial score (nSPS) is 9.75. The Kier molecular flexibility index (Phi) is 6.70. The molecule has 0 aliphatic rings. The molecule has 4 N–H and O–H groups in total. The van der Waals surface area contributed by atoms with Crippen molar-refractivity contribution in [2.45, 2.75) is 0 Å². The van der Waals surface area contributed by atoms with Crippen molar-refractivity contribution in [1.82, 2.24) is 0 Å². The number of hydrogen-bond donors (Lipinski definition) is 2. The number of aliphatic hydroxyl groups is 1. The largest absolute Gasteiger partial charge is 0.394 e. The maximum Gasteiger partial charge on any atom is 0.129 e. The van der Waals surface area contributed by atoms with Crippen molar-refractivity contribution in [3.8, 4) is 0 Å². The Labute approximate surface area is 48.1 Å². The van der Waals surface area contributed by atoms with Crippen LogP contribution in [0.25, 0.3) is 0 Å². The Morgan fingerprint density at radius 1 is 1.25 bits per heavy atom. The lowest BCUT2D eigenvalue weighted by atomic mass is 10.7. The number of quaternary nitrogens is 1. The van der Waals surface area contributed by atoms with Crippen molar-refractivity contribution in [1.29, 1.82) is 0 Å². The van der Waals surface area contributed by atoms with Crippen molar-refractivity contribution in [2.75, 3.05) is 26.4 Å². The summed E-state index contributed by atoms with van der Waals surface area (Å²) in [6.07, 6.45) is 0. The lowest BCUT2D eigenvalue weighted by Gasteiger charge is -1.96. The molecule has 0 aromatic heterocycles. The Morgan fingerprint density at radius 2 is 2.00 bits per heavy atom. The first-order valence-electron chi connectivity index (χ1n) is 2.47. The topological polar surface area (TPSA) is 66.3 Å². The summed E-state index contributed by atoms with van der Waals surface area (Å²) < 4.78 is 4.81. The fourth-order valence-corrected chi connectivity index (χ4v) is 0.284. The van der Waals surface area contributed by atoms with Crippen LogP contribution in [0.4, 0.5) is 0 Å². The summed E-state index contributed by atoms with van der Waals surface area (Å²) in [4.78, 5) is 4.43. The van der Waals surface area contributed by atoms with Crippen LogP contribution >= 0.6 is 0 Å². The van der Waals surface area contributed by atoms with E-state index in [2.05, 4.69) is 10.7 Å². The second kappa shape index (κ2) is 6.84. The zero-order valence-corrected chi connectivity index (χ0v) is 4.80. The molecule has 4 heteroatoms. The molecule has 0 fully saturated rings. The Balaban J connectivity index is 2.53.